The number of carbonyl (C=O) groups is 1. The Hall–Kier alpha value is -2.02. The van der Waals surface area contributed by atoms with Crippen LogP contribution < -0.4 is 11.1 Å². The van der Waals surface area contributed by atoms with Crippen LogP contribution in [0.25, 0.3) is 0 Å². The maximum Gasteiger partial charge on any atom is 0.253 e. The molecule has 0 radical (unpaired) electrons. The molecule has 25 heavy (non-hydrogen) atoms. The fraction of sp³-hybridized carbons (Fsp3) is 0.316. The molecule has 3 atom stereocenters. The van der Waals surface area contributed by atoms with Crippen LogP contribution in [0.2, 0.25) is 0 Å². The number of ether oxygens (including phenoxy) is 1. The third kappa shape index (κ3) is 4.75. The molecule has 3 N–H and O–H groups in total. The Morgan fingerprint density at radius 2 is 1.96 bits per heavy atom. The first-order valence-electron chi connectivity index (χ1n) is 8.34. The van der Waals surface area contributed by atoms with E-state index >= 15 is 0 Å². The van der Waals surface area contributed by atoms with Gasteiger partial charge in [0.05, 0.1) is 22.7 Å². The van der Waals surface area contributed by atoms with Crippen LogP contribution >= 0.6 is 0 Å². The average Bonchev–Trinajstić information content (AvgIpc) is 3.12. The SMILES string of the molecule is NC[C@H]1CC[C@@H](C(=O)Nc2cccc(CS(=O)c3ccccc3)c2)O1. The molecule has 0 spiro atoms. The van der Waals surface area contributed by atoms with Gasteiger partial charge in [0.2, 0.25) is 0 Å². The van der Waals surface area contributed by atoms with Crippen molar-refractivity contribution < 1.29 is 13.7 Å². The van der Waals surface area contributed by atoms with Crippen molar-refractivity contribution in [3.8, 4) is 0 Å². The molecule has 2 aromatic carbocycles. The molecule has 0 bridgehead atoms. The van der Waals surface area contributed by atoms with Gasteiger partial charge in [-0.05, 0) is 42.7 Å². The molecule has 2 aromatic rings. The summed E-state index contributed by atoms with van der Waals surface area (Å²) in [6, 6.07) is 16.8. The smallest absolute Gasteiger partial charge is 0.253 e. The van der Waals surface area contributed by atoms with Crippen LogP contribution in [0.4, 0.5) is 5.69 Å². The summed E-state index contributed by atoms with van der Waals surface area (Å²) in [5.74, 6) is 0.250. The number of hydrogen-bond acceptors (Lipinski definition) is 4. The highest BCUT2D eigenvalue weighted by Gasteiger charge is 2.29. The second kappa shape index (κ2) is 8.38. The minimum atomic E-state index is -1.11. The number of carbonyl (C=O) groups excluding carboxylic acids is 1. The maximum absolute atomic E-state index is 12.4. The number of nitrogens with one attached hydrogen (secondary N) is 1. The molecule has 0 aromatic heterocycles. The van der Waals surface area contributed by atoms with Crippen LogP contribution in [0.5, 0.6) is 0 Å². The van der Waals surface area contributed by atoms with Crippen molar-refractivity contribution in [3.63, 3.8) is 0 Å². The predicted octanol–water partition coefficient (Wildman–Crippen LogP) is 2.44. The van der Waals surface area contributed by atoms with Gasteiger partial charge in [-0.25, -0.2) is 0 Å². The van der Waals surface area contributed by atoms with Gasteiger partial charge in [-0.3, -0.25) is 9.00 Å². The lowest BCUT2D eigenvalue weighted by Gasteiger charge is -2.13. The van der Waals surface area contributed by atoms with Crippen LogP contribution in [0.1, 0.15) is 18.4 Å². The Morgan fingerprint density at radius 3 is 2.68 bits per heavy atom. The summed E-state index contributed by atoms with van der Waals surface area (Å²) in [4.78, 5) is 13.1. The van der Waals surface area contributed by atoms with Crippen LogP contribution in [0.15, 0.2) is 59.5 Å². The van der Waals surface area contributed by atoms with Crippen molar-refractivity contribution in [1.82, 2.24) is 0 Å². The van der Waals surface area contributed by atoms with E-state index in [0.29, 0.717) is 24.4 Å². The second-order valence-corrected chi connectivity index (χ2v) is 7.50. The molecule has 1 heterocycles. The molecular weight excluding hydrogens is 336 g/mol. The van der Waals surface area contributed by atoms with Gasteiger partial charge < -0.3 is 15.8 Å². The number of anilines is 1. The van der Waals surface area contributed by atoms with Crippen molar-refractivity contribution in [2.45, 2.75) is 35.7 Å². The number of benzene rings is 2. The Morgan fingerprint density at radius 1 is 1.16 bits per heavy atom. The van der Waals surface area contributed by atoms with E-state index < -0.39 is 16.9 Å². The predicted molar refractivity (Wildman–Crippen MR) is 98.6 cm³/mol. The molecule has 3 rings (SSSR count). The maximum atomic E-state index is 12.4. The Kier molecular flexibility index (Phi) is 5.96. The summed E-state index contributed by atoms with van der Waals surface area (Å²) < 4.78 is 18.0. The monoisotopic (exact) mass is 358 g/mol. The minimum absolute atomic E-state index is 0.0321. The van der Waals surface area contributed by atoms with Gasteiger partial charge in [0, 0.05) is 17.1 Å². The molecule has 6 heteroatoms. The quantitative estimate of drug-likeness (QED) is 0.831. The van der Waals surface area contributed by atoms with Crippen molar-refractivity contribution in [2.24, 2.45) is 5.73 Å². The molecule has 5 nitrogen and oxygen atoms in total. The highest BCUT2D eigenvalue weighted by Crippen LogP contribution is 2.21. The molecule has 1 aliphatic rings. The largest absolute Gasteiger partial charge is 0.364 e. The van der Waals surface area contributed by atoms with Crippen LogP contribution in [0, 0.1) is 0 Å². The van der Waals surface area contributed by atoms with Gasteiger partial charge in [0.1, 0.15) is 6.10 Å². The second-order valence-electron chi connectivity index (χ2n) is 6.05. The third-order valence-electron chi connectivity index (χ3n) is 4.16. The van der Waals surface area contributed by atoms with E-state index in [0.717, 1.165) is 16.9 Å². The molecule has 1 saturated heterocycles. The first kappa shape index (κ1) is 17.8. The molecule has 0 aliphatic carbocycles. The molecule has 1 aliphatic heterocycles. The lowest BCUT2D eigenvalue weighted by Crippen LogP contribution is -2.29. The molecule has 0 saturated carbocycles. The van der Waals surface area contributed by atoms with Crippen molar-refractivity contribution in [3.05, 3.63) is 60.2 Å². The highest BCUT2D eigenvalue weighted by molar-refractivity contribution is 7.84. The number of nitrogens with two attached hydrogens (primary N) is 1. The summed E-state index contributed by atoms with van der Waals surface area (Å²) in [6.45, 7) is 0.435. The summed E-state index contributed by atoms with van der Waals surface area (Å²) in [6.07, 6.45) is 1.02. The zero-order chi connectivity index (χ0) is 17.6. The fourth-order valence-corrected chi connectivity index (χ4v) is 3.95. The number of hydrogen-bond donors (Lipinski definition) is 2. The zero-order valence-electron chi connectivity index (χ0n) is 13.9. The lowest BCUT2D eigenvalue weighted by molar-refractivity contribution is -0.126. The summed E-state index contributed by atoms with van der Waals surface area (Å²) in [7, 11) is -1.11. The van der Waals surface area contributed by atoms with Gasteiger partial charge >= 0.3 is 0 Å². The van der Waals surface area contributed by atoms with Crippen LogP contribution in [-0.2, 0) is 26.1 Å². The fourth-order valence-electron chi connectivity index (χ4n) is 2.84. The summed E-state index contributed by atoms with van der Waals surface area (Å²) >= 11 is 0. The van der Waals surface area contributed by atoms with Gasteiger partial charge in [-0.15, -0.1) is 0 Å². The van der Waals surface area contributed by atoms with Crippen molar-refractivity contribution in [2.75, 3.05) is 11.9 Å². The number of rotatable bonds is 6. The van der Waals surface area contributed by atoms with Gasteiger partial charge in [-0.2, -0.15) is 0 Å². The molecule has 1 unspecified atom stereocenters. The molecule has 1 fully saturated rings. The Labute approximate surface area is 150 Å². The molecule has 1 amide bonds. The van der Waals surface area contributed by atoms with Crippen molar-refractivity contribution >= 4 is 22.4 Å². The Bertz CT molecular complexity index is 751. The first-order chi connectivity index (χ1) is 12.2. The van der Waals surface area contributed by atoms with Crippen molar-refractivity contribution in [1.29, 1.82) is 0 Å². The molecular formula is C19H22N2O3S. The van der Waals surface area contributed by atoms with Gasteiger partial charge in [0.25, 0.3) is 5.91 Å². The molecule has 132 valence electrons. The zero-order valence-corrected chi connectivity index (χ0v) is 14.7. The summed E-state index contributed by atoms with van der Waals surface area (Å²) in [5.41, 5.74) is 7.17. The minimum Gasteiger partial charge on any atom is -0.364 e. The number of amides is 1. The first-order valence-corrected chi connectivity index (χ1v) is 9.66. The van der Waals surface area contributed by atoms with E-state index in [9.17, 15) is 9.00 Å². The van der Waals surface area contributed by atoms with Crippen LogP contribution in [0.3, 0.4) is 0 Å². The third-order valence-corrected chi connectivity index (χ3v) is 5.55. The van der Waals surface area contributed by atoms with Gasteiger partial charge in [0.15, 0.2) is 0 Å². The normalized spacial score (nSPS) is 21.0. The topological polar surface area (TPSA) is 81.4 Å². The van der Waals surface area contributed by atoms with E-state index in [2.05, 4.69) is 5.32 Å². The van der Waals surface area contributed by atoms with E-state index in [-0.39, 0.29) is 12.0 Å². The Balaban J connectivity index is 1.62. The van der Waals surface area contributed by atoms with E-state index in [1.54, 1.807) is 0 Å². The lowest BCUT2D eigenvalue weighted by atomic mass is 10.1. The van der Waals surface area contributed by atoms with E-state index in [1.165, 1.54) is 0 Å². The van der Waals surface area contributed by atoms with Gasteiger partial charge in [-0.1, -0.05) is 30.3 Å². The summed E-state index contributed by atoms with van der Waals surface area (Å²) in [5, 5.41) is 2.88. The average molecular weight is 358 g/mol. The standard InChI is InChI=1S/C19H22N2O3S/c20-12-16-9-10-18(24-16)19(22)21-15-6-4-5-14(11-15)13-25(23)17-7-2-1-3-8-17/h1-8,11,16,18H,9-10,12-13,20H2,(H,21,22)/t16-,18+,25?/m1/s1. The van der Waals surface area contributed by atoms with E-state index in [4.69, 9.17) is 10.5 Å². The van der Waals surface area contributed by atoms with Crippen LogP contribution in [-0.4, -0.2) is 28.9 Å². The van der Waals surface area contributed by atoms with E-state index in [1.807, 2.05) is 54.6 Å². The highest BCUT2D eigenvalue weighted by atomic mass is 32.2.